The van der Waals surface area contributed by atoms with Gasteiger partial charge in [-0.2, -0.15) is 5.10 Å². The SMILES string of the molecule is O=C(OCc1ccccc1)c1cnn2ccc(NCc3cccnc3)nc12. The Balaban J connectivity index is 1.48. The van der Waals surface area contributed by atoms with E-state index in [-0.39, 0.29) is 6.61 Å². The Bertz CT molecular complexity index is 1050. The van der Waals surface area contributed by atoms with E-state index in [1.165, 1.54) is 6.20 Å². The Morgan fingerprint density at radius 2 is 1.89 bits per heavy atom. The molecule has 0 radical (unpaired) electrons. The van der Waals surface area contributed by atoms with Crippen molar-refractivity contribution in [2.45, 2.75) is 13.2 Å². The second-order valence-electron chi connectivity index (χ2n) is 5.92. The Labute approximate surface area is 155 Å². The van der Waals surface area contributed by atoms with Crippen molar-refractivity contribution in [3.8, 4) is 0 Å². The van der Waals surface area contributed by atoms with E-state index in [1.807, 2.05) is 42.5 Å². The number of nitrogens with zero attached hydrogens (tertiary/aromatic N) is 4. The van der Waals surface area contributed by atoms with E-state index < -0.39 is 5.97 Å². The normalized spacial score (nSPS) is 10.7. The van der Waals surface area contributed by atoms with Gasteiger partial charge in [0.25, 0.3) is 0 Å². The standard InChI is InChI=1S/C20H17N5O2/c26-20(27-14-15-5-2-1-3-6-15)17-13-23-25-10-8-18(24-19(17)25)22-12-16-7-4-9-21-11-16/h1-11,13H,12,14H2,(H,22,24). The van der Waals surface area contributed by atoms with Crippen LogP contribution in [0.4, 0.5) is 5.82 Å². The first-order chi connectivity index (χ1) is 13.3. The summed E-state index contributed by atoms with van der Waals surface area (Å²) in [6, 6.07) is 15.2. The topological polar surface area (TPSA) is 81.4 Å². The van der Waals surface area contributed by atoms with Crippen LogP contribution in [0.15, 0.2) is 73.3 Å². The fourth-order valence-corrected chi connectivity index (χ4v) is 2.61. The highest BCUT2D eigenvalue weighted by molar-refractivity contribution is 5.95. The first-order valence-corrected chi connectivity index (χ1v) is 8.48. The molecule has 0 aliphatic rings. The zero-order chi connectivity index (χ0) is 18.5. The molecule has 0 fully saturated rings. The van der Waals surface area contributed by atoms with Crippen LogP contribution in [0.1, 0.15) is 21.5 Å². The van der Waals surface area contributed by atoms with Gasteiger partial charge < -0.3 is 10.1 Å². The molecule has 0 atom stereocenters. The number of esters is 1. The third kappa shape index (κ3) is 3.92. The molecule has 0 aliphatic carbocycles. The van der Waals surface area contributed by atoms with E-state index in [4.69, 9.17) is 4.74 Å². The summed E-state index contributed by atoms with van der Waals surface area (Å²) in [6.07, 6.45) is 6.74. The molecular weight excluding hydrogens is 342 g/mol. The number of hydrogen-bond donors (Lipinski definition) is 1. The average Bonchev–Trinajstić information content (AvgIpc) is 3.15. The number of anilines is 1. The van der Waals surface area contributed by atoms with Crippen LogP contribution in [0, 0.1) is 0 Å². The summed E-state index contributed by atoms with van der Waals surface area (Å²) < 4.78 is 6.94. The molecule has 4 rings (SSSR count). The molecule has 0 spiro atoms. The largest absolute Gasteiger partial charge is 0.457 e. The molecule has 4 aromatic rings. The van der Waals surface area contributed by atoms with Crippen molar-refractivity contribution in [1.82, 2.24) is 19.6 Å². The molecule has 1 aromatic carbocycles. The third-order valence-corrected chi connectivity index (χ3v) is 4.00. The molecule has 7 heteroatoms. The molecule has 0 aliphatic heterocycles. The van der Waals surface area contributed by atoms with Crippen molar-refractivity contribution in [2.75, 3.05) is 5.32 Å². The third-order valence-electron chi connectivity index (χ3n) is 4.00. The van der Waals surface area contributed by atoms with Crippen LogP contribution in [0.3, 0.4) is 0 Å². The number of ether oxygens (including phenoxy) is 1. The van der Waals surface area contributed by atoms with Gasteiger partial charge in [-0.05, 0) is 23.3 Å². The number of rotatable bonds is 6. The maximum Gasteiger partial charge on any atom is 0.343 e. The molecule has 0 amide bonds. The number of nitrogens with one attached hydrogen (secondary N) is 1. The Hall–Kier alpha value is -3.74. The monoisotopic (exact) mass is 359 g/mol. The van der Waals surface area contributed by atoms with Crippen molar-refractivity contribution in [3.63, 3.8) is 0 Å². The van der Waals surface area contributed by atoms with Gasteiger partial charge in [0.2, 0.25) is 0 Å². The summed E-state index contributed by atoms with van der Waals surface area (Å²) >= 11 is 0. The van der Waals surface area contributed by atoms with Crippen molar-refractivity contribution in [2.24, 2.45) is 0 Å². The summed E-state index contributed by atoms with van der Waals surface area (Å²) in [5, 5.41) is 7.39. The van der Waals surface area contributed by atoms with Crippen LogP contribution in [-0.4, -0.2) is 25.6 Å². The molecule has 0 saturated carbocycles. The number of hydrogen-bond acceptors (Lipinski definition) is 6. The highest BCUT2D eigenvalue weighted by Crippen LogP contribution is 2.14. The fourth-order valence-electron chi connectivity index (χ4n) is 2.61. The summed E-state index contributed by atoms with van der Waals surface area (Å²) in [6.45, 7) is 0.787. The second-order valence-corrected chi connectivity index (χ2v) is 5.92. The Morgan fingerprint density at radius 1 is 1.04 bits per heavy atom. The van der Waals surface area contributed by atoms with Crippen LogP contribution < -0.4 is 5.32 Å². The van der Waals surface area contributed by atoms with Crippen LogP contribution in [0.2, 0.25) is 0 Å². The zero-order valence-corrected chi connectivity index (χ0v) is 14.4. The number of benzene rings is 1. The molecule has 1 N–H and O–H groups in total. The number of aromatic nitrogens is 4. The van der Waals surface area contributed by atoms with Crippen LogP contribution >= 0.6 is 0 Å². The maximum absolute atomic E-state index is 12.4. The number of carbonyl (C=O) groups excluding carboxylic acids is 1. The van der Waals surface area contributed by atoms with Crippen LogP contribution in [0.25, 0.3) is 5.65 Å². The van der Waals surface area contributed by atoms with Gasteiger partial charge in [0, 0.05) is 25.1 Å². The highest BCUT2D eigenvalue weighted by atomic mass is 16.5. The molecule has 0 unspecified atom stereocenters. The van der Waals surface area contributed by atoms with Crippen molar-refractivity contribution >= 4 is 17.4 Å². The minimum Gasteiger partial charge on any atom is -0.457 e. The van der Waals surface area contributed by atoms with E-state index in [1.54, 1.807) is 29.2 Å². The van der Waals surface area contributed by atoms with E-state index in [0.717, 1.165) is 11.1 Å². The smallest absolute Gasteiger partial charge is 0.343 e. The van der Waals surface area contributed by atoms with Crippen molar-refractivity contribution in [1.29, 1.82) is 0 Å². The van der Waals surface area contributed by atoms with E-state index >= 15 is 0 Å². The predicted octanol–water partition coefficient (Wildman–Crippen LogP) is 3.09. The van der Waals surface area contributed by atoms with E-state index in [2.05, 4.69) is 20.4 Å². The lowest BCUT2D eigenvalue weighted by Gasteiger charge is -2.07. The second kappa shape index (κ2) is 7.65. The quantitative estimate of drug-likeness (QED) is 0.533. The molecule has 3 aromatic heterocycles. The number of carbonyl (C=O) groups is 1. The lowest BCUT2D eigenvalue weighted by molar-refractivity contribution is 0.0475. The minimum absolute atomic E-state index is 0.204. The van der Waals surface area contributed by atoms with Gasteiger partial charge in [0.05, 0.1) is 6.20 Å². The number of pyridine rings is 1. The summed E-state index contributed by atoms with van der Waals surface area (Å²) in [5.41, 5.74) is 2.74. The van der Waals surface area contributed by atoms with Crippen LogP contribution in [0.5, 0.6) is 0 Å². The van der Waals surface area contributed by atoms with Gasteiger partial charge in [0.1, 0.15) is 18.0 Å². The Morgan fingerprint density at radius 3 is 2.70 bits per heavy atom. The average molecular weight is 359 g/mol. The lowest BCUT2D eigenvalue weighted by atomic mass is 10.2. The van der Waals surface area contributed by atoms with Gasteiger partial charge in [-0.1, -0.05) is 36.4 Å². The molecule has 134 valence electrons. The first-order valence-electron chi connectivity index (χ1n) is 8.48. The Kier molecular flexibility index (Phi) is 4.74. The summed E-state index contributed by atoms with van der Waals surface area (Å²) in [4.78, 5) is 21.0. The van der Waals surface area contributed by atoms with Crippen molar-refractivity contribution in [3.05, 3.63) is 90.0 Å². The molecular formula is C20H17N5O2. The molecule has 27 heavy (non-hydrogen) atoms. The highest BCUT2D eigenvalue weighted by Gasteiger charge is 2.16. The molecule has 0 saturated heterocycles. The van der Waals surface area contributed by atoms with Gasteiger partial charge in [-0.3, -0.25) is 4.98 Å². The fraction of sp³-hybridized carbons (Fsp3) is 0.100. The van der Waals surface area contributed by atoms with Gasteiger partial charge in [-0.15, -0.1) is 0 Å². The number of fused-ring (bicyclic) bond motifs is 1. The van der Waals surface area contributed by atoms with Gasteiger partial charge >= 0.3 is 5.97 Å². The molecule has 3 heterocycles. The predicted molar refractivity (Wildman–Crippen MR) is 100 cm³/mol. The van der Waals surface area contributed by atoms with E-state index in [9.17, 15) is 4.79 Å². The minimum atomic E-state index is -0.453. The van der Waals surface area contributed by atoms with Gasteiger partial charge in [0.15, 0.2) is 5.65 Å². The van der Waals surface area contributed by atoms with Crippen LogP contribution in [-0.2, 0) is 17.9 Å². The molecule has 0 bridgehead atoms. The summed E-state index contributed by atoms with van der Waals surface area (Å²) in [7, 11) is 0. The van der Waals surface area contributed by atoms with E-state index in [0.29, 0.717) is 23.6 Å². The molecule has 7 nitrogen and oxygen atoms in total. The first kappa shape index (κ1) is 16.7. The summed E-state index contributed by atoms with van der Waals surface area (Å²) in [5.74, 6) is 0.190. The zero-order valence-electron chi connectivity index (χ0n) is 14.4. The lowest BCUT2D eigenvalue weighted by Crippen LogP contribution is -2.07. The maximum atomic E-state index is 12.4. The van der Waals surface area contributed by atoms with Gasteiger partial charge in [-0.25, -0.2) is 14.3 Å². The van der Waals surface area contributed by atoms with Crippen molar-refractivity contribution < 1.29 is 9.53 Å².